The van der Waals surface area contributed by atoms with Crippen molar-refractivity contribution in [2.24, 2.45) is 5.10 Å². The Morgan fingerprint density at radius 1 is 1.05 bits per heavy atom. The van der Waals surface area contributed by atoms with Crippen LogP contribution >= 0.6 is 0 Å². The lowest BCUT2D eigenvalue weighted by Gasteiger charge is -2.13. The first-order valence-electron chi connectivity index (χ1n) is 5.74. The number of hydrogen-bond donors (Lipinski definition) is 0. The number of nitro benzene ring substituents is 3. The molecule has 0 atom stereocenters. The molecule has 0 saturated carbocycles. The summed E-state index contributed by atoms with van der Waals surface area (Å²) < 4.78 is 0. The van der Waals surface area contributed by atoms with E-state index in [9.17, 15) is 30.3 Å². The van der Waals surface area contributed by atoms with Gasteiger partial charge in [-0.25, -0.2) is 0 Å². The molecular weight excluding hydrogens is 286 g/mol. The van der Waals surface area contributed by atoms with Gasteiger partial charge in [-0.05, 0) is 6.92 Å². The first-order valence-corrected chi connectivity index (χ1v) is 5.74. The maximum Gasteiger partial charge on any atom is 0.308 e. The van der Waals surface area contributed by atoms with Gasteiger partial charge in [0.15, 0.2) is 0 Å². The van der Waals surface area contributed by atoms with E-state index in [4.69, 9.17) is 0 Å². The number of benzene rings is 1. The molecule has 0 saturated heterocycles. The molecule has 1 aliphatic heterocycles. The molecule has 11 heteroatoms. The van der Waals surface area contributed by atoms with Crippen molar-refractivity contribution in [3.63, 3.8) is 0 Å². The molecular formula is C10H9N5O6. The molecule has 0 N–H and O–H groups in total. The van der Waals surface area contributed by atoms with Gasteiger partial charge >= 0.3 is 11.4 Å². The van der Waals surface area contributed by atoms with Gasteiger partial charge < -0.3 is 0 Å². The largest absolute Gasteiger partial charge is 0.308 e. The first-order chi connectivity index (χ1) is 9.81. The van der Waals surface area contributed by atoms with E-state index in [0.717, 1.165) is 5.01 Å². The fourth-order valence-corrected chi connectivity index (χ4v) is 1.97. The van der Waals surface area contributed by atoms with Gasteiger partial charge in [-0.2, -0.15) is 5.10 Å². The summed E-state index contributed by atoms with van der Waals surface area (Å²) in [6, 6.07) is 1.40. The van der Waals surface area contributed by atoms with Crippen LogP contribution in [0.2, 0.25) is 0 Å². The van der Waals surface area contributed by atoms with Crippen LogP contribution in [0.4, 0.5) is 22.7 Å². The SMILES string of the molecule is CC1=NN(c2c([N+](=O)[O-])cc([N+](=O)[O-])cc2[N+](=O)[O-])CC1. The van der Waals surface area contributed by atoms with Gasteiger partial charge in [0.25, 0.3) is 5.69 Å². The van der Waals surface area contributed by atoms with Crippen LogP contribution in [0.15, 0.2) is 17.2 Å². The Bertz CT molecular complexity index is 650. The summed E-state index contributed by atoms with van der Waals surface area (Å²) in [6.45, 7) is 1.92. The van der Waals surface area contributed by atoms with E-state index in [1.807, 2.05) is 0 Å². The third kappa shape index (κ3) is 2.61. The summed E-state index contributed by atoms with van der Waals surface area (Å²) in [7, 11) is 0. The molecule has 11 nitrogen and oxygen atoms in total. The monoisotopic (exact) mass is 295 g/mol. The molecule has 0 bridgehead atoms. The topological polar surface area (TPSA) is 145 Å². The smallest absolute Gasteiger partial charge is 0.258 e. The zero-order valence-corrected chi connectivity index (χ0v) is 10.8. The minimum absolute atomic E-state index is 0.241. The summed E-state index contributed by atoms with van der Waals surface area (Å²) >= 11 is 0. The second kappa shape index (κ2) is 5.11. The maximum atomic E-state index is 11.1. The summed E-state index contributed by atoms with van der Waals surface area (Å²) in [5.41, 5.74) is -1.81. The highest BCUT2D eigenvalue weighted by molar-refractivity contribution is 5.88. The quantitative estimate of drug-likeness (QED) is 0.609. The van der Waals surface area contributed by atoms with Crippen LogP contribution < -0.4 is 5.01 Å². The van der Waals surface area contributed by atoms with Gasteiger partial charge in [-0.1, -0.05) is 0 Å². The molecule has 0 unspecified atom stereocenters. The van der Waals surface area contributed by atoms with Crippen molar-refractivity contribution in [3.8, 4) is 0 Å². The number of nitrogens with zero attached hydrogens (tertiary/aromatic N) is 5. The zero-order chi connectivity index (χ0) is 15.7. The van der Waals surface area contributed by atoms with E-state index in [1.54, 1.807) is 6.92 Å². The van der Waals surface area contributed by atoms with E-state index in [-0.39, 0.29) is 12.2 Å². The molecule has 21 heavy (non-hydrogen) atoms. The summed E-state index contributed by atoms with van der Waals surface area (Å²) in [5, 5.41) is 38.1. The van der Waals surface area contributed by atoms with Gasteiger partial charge in [-0.15, -0.1) is 0 Å². The minimum atomic E-state index is -0.914. The molecule has 0 amide bonds. The molecule has 0 aromatic heterocycles. The molecule has 1 aromatic rings. The summed E-state index contributed by atoms with van der Waals surface area (Å²) in [6.07, 6.45) is 0.505. The summed E-state index contributed by atoms with van der Waals surface area (Å²) in [4.78, 5) is 30.2. The van der Waals surface area contributed by atoms with Crippen LogP contribution in [0.1, 0.15) is 13.3 Å². The predicted molar refractivity (Wildman–Crippen MR) is 71.5 cm³/mol. The Morgan fingerprint density at radius 3 is 1.90 bits per heavy atom. The third-order valence-electron chi connectivity index (χ3n) is 2.89. The number of rotatable bonds is 4. The van der Waals surface area contributed by atoms with Crippen LogP contribution in [0.5, 0.6) is 0 Å². The van der Waals surface area contributed by atoms with E-state index in [1.165, 1.54) is 0 Å². The molecule has 0 spiro atoms. The lowest BCUT2D eigenvalue weighted by molar-refractivity contribution is -0.402. The molecule has 0 aliphatic carbocycles. The highest BCUT2D eigenvalue weighted by Gasteiger charge is 2.35. The van der Waals surface area contributed by atoms with Crippen molar-refractivity contribution in [2.75, 3.05) is 11.6 Å². The average Bonchev–Trinajstić information content (AvgIpc) is 2.83. The Balaban J connectivity index is 2.73. The Labute approximate surface area is 116 Å². The molecule has 1 aliphatic rings. The van der Waals surface area contributed by atoms with Gasteiger partial charge in [0.2, 0.25) is 5.69 Å². The van der Waals surface area contributed by atoms with E-state index in [0.29, 0.717) is 24.3 Å². The van der Waals surface area contributed by atoms with Crippen molar-refractivity contribution >= 4 is 28.5 Å². The third-order valence-corrected chi connectivity index (χ3v) is 2.89. The first kappa shape index (κ1) is 14.3. The van der Waals surface area contributed by atoms with Gasteiger partial charge in [0, 0.05) is 18.7 Å². The van der Waals surface area contributed by atoms with Crippen molar-refractivity contribution in [1.82, 2.24) is 0 Å². The number of nitro groups is 3. The molecule has 1 heterocycles. The van der Waals surface area contributed by atoms with Crippen molar-refractivity contribution in [1.29, 1.82) is 0 Å². The molecule has 0 radical (unpaired) electrons. The summed E-state index contributed by atoms with van der Waals surface area (Å²) in [5.74, 6) is 0. The molecule has 0 fully saturated rings. The Hall–Kier alpha value is -3.11. The predicted octanol–water partition coefficient (Wildman–Crippen LogP) is 2.00. The van der Waals surface area contributed by atoms with E-state index < -0.39 is 31.8 Å². The zero-order valence-electron chi connectivity index (χ0n) is 10.8. The highest BCUT2D eigenvalue weighted by atomic mass is 16.6. The standard InChI is InChI=1S/C10H9N5O6/c1-6-2-3-12(11-6)10-8(14(18)19)4-7(13(16)17)5-9(10)15(20)21/h4-5H,2-3H2,1H3. The number of hydrazone groups is 1. The van der Waals surface area contributed by atoms with Crippen molar-refractivity contribution < 1.29 is 14.8 Å². The normalized spacial score (nSPS) is 14.0. The van der Waals surface area contributed by atoms with E-state index >= 15 is 0 Å². The molecule has 2 rings (SSSR count). The van der Waals surface area contributed by atoms with Crippen LogP contribution in [0.25, 0.3) is 0 Å². The maximum absolute atomic E-state index is 11.1. The number of non-ortho nitro benzene ring substituents is 1. The van der Waals surface area contributed by atoms with Crippen LogP contribution in [-0.2, 0) is 0 Å². The van der Waals surface area contributed by atoms with Crippen LogP contribution in [-0.4, -0.2) is 27.0 Å². The van der Waals surface area contributed by atoms with Gasteiger partial charge in [0.05, 0.1) is 26.9 Å². The lowest BCUT2D eigenvalue weighted by Crippen LogP contribution is -2.16. The van der Waals surface area contributed by atoms with Crippen LogP contribution in [0.3, 0.4) is 0 Å². The molecule has 110 valence electrons. The second-order valence-corrected chi connectivity index (χ2v) is 4.31. The number of anilines is 1. The fourth-order valence-electron chi connectivity index (χ4n) is 1.97. The Morgan fingerprint density at radius 2 is 1.57 bits per heavy atom. The van der Waals surface area contributed by atoms with Crippen LogP contribution in [0, 0.1) is 30.3 Å². The lowest BCUT2D eigenvalue weighted by atomic mass is 10.2. The van der Waals surface area contributed by atoms with E-state index in [2.05, 4.69) is 5.10 Å². The Kier molecular flexibility index (Phi) is 3.48. The average molecular weight is 295 g/mol. The van der Waals surface area contributed by atoms with Gasteiger partial charge in [-0.3, -0.25) is 35.4 Å². The highest BCUT2D eigenvalue weighted by Crippen LogP contribution is 2.42. The fraction of sp³-hybridized carbons (Fsp3) is 0.300. The number of hydrogen-bond acceptors (Lipinski definition) is 8. The molecule has 1 aromatic carbocycles. The van der Waals surface area contributed by atoms with Crippen molar-refractivity contribution in [3.05, 3.63) is 42.5 Å². The minimum Gasteiger partial charge on any atom is -0.258 e. The van der Waals surface area contributed by atoms with Crippen molar-refractivity contribution in [2.45, 2.75) is 13.3 Å². The second-order valence-electron chi connectivity index (χ2n) is 4.31. The van der Waals surface area contributed by atoms with Gasteiger partial charge in [0.1, 0.15) is 0 Å².